The summed E-state index contributed by atoms with van der Waals surface area (Å²) in [6, 6.07) is 11.8. The first-order chi connectivity index (χ1) is 15.2. The van der Waals surface area contributed by atoms with E-state index in [1.165, 1.54) is 0 Å². The van der Waals surface area contributed by atoms with E-state index in [1.54, 1.807) is 11.3 Å². The second-order valence-electron chi connectivity index (χ2n) is 7.57. The van der Waals surface area contributed by atoms with E-state index in [1.807, 2.05) is 53.6 Å². The summed E-state index contributed by atoms with van der Waals surface area (Å²) in [6.07, 6.45) is 2.18. The Morgan fingerprint density at radius 1 is 1.16 bits per heavy atom. The van der Waals surface area contributed by atoms with Gasteiger partial charge in [-0.15, -0.1) is 11.3 Å². The first-order valence-electron chi connectivity index (χ1n) is 10.8. The molecule has 4 rings (SSSR count). The molecule has 1 fully saturated rings. The van der Waals surface area contributed by atoms with Crippen LogP contribution in [0, 0.1) is 0 Å². The molecule has 1 amide bonds. The molecule has 1 aromatic carbocycles. The van der Waals surface area contributed by atoms with E-state index in [0.717, 1.165) is 61.8 Å². The Balaban J connectivity index is 1.16. The van der Waals surface area contributed by atoms with Crippen molar-refractivity contribution >= 4 is 17.2 Å². The van der Waals surface area contributed by atoms with Gasteiger partial charge < -0.3 is 14.2 Å². The Kier molecular flexibility index (Phi) is 7.32. The lowest BCUT2D eigenvalue weighted by Gasteiger charge is -2.34. The number of aromatic nitrogens is 2. The average Bonchev–Trinajstić information content (AvgIpc) is 3.48. The third-order valence-electron chi connectivity index (χ3n) is 5.39. The second-order valence-corrected chi connectivity index (χ2v) is 8.52. The fourth-order valence-corrected chi connectivity index (χ4v) is 4.34. The second kappa shape index (κ2) is 10.5. The quantitative estimate of drug-likeness (QED) is 0.507. The molecule has 3 heterocycles. The normalized spacial score (nSPS) is 14.7. The monoisotopic (exact) mass is 440 g/mol. The molecule has 0 atom stereocenters. The van der Waals surface area contributed by atoms with Gasteiger partial charge in [-0.25, -0.2) is 0 Å². The maximum atomic E-state index is 12.6. The maximum absolute atomic E-state index is 12.6. The summed E-state index contributed by atoms with van der Waals surface area (Å²) in [4.78, 5) is 22.5. The number of hydrogen-bond donors (Lipinski definition) is 0. The number of benzene rings is 1. The smallest absolute Gasteiger partial charge is 0.227 e. The lowest BCUT2D eigenvalue weighted by Crippen LogP contribution is -2.49. The van der Waals surface area contributed by atoms with E-state index in [0.29, 0.717) is 24.7 Å². The molecule has 164 valence electrons. The van der Waals surface area contributed by atoms with Gasteiger partial charge in [0.25, 0.3) is 0 Å². The number of piperazine rings is 1. The van der Waals surface area contributed by atoms with Crippen LogP contribution in [0.1, 0.15) is 24.8 Å². The Bertz CT molecular complexity index is 948. The first-order valence-corrected chi connectivity index (χ1v) is 11.7. The highest BCUT2D eigenvalue weighted by atomic mass is 32.1. The number of carbonyl (C=O) groups is 1. The van der Waals surface area contributed by atoms with Gasteiger partial charge in [-0.2, -0.15) is 4.98 Å². The highest BCUT2D eigenvalue weighted by Crippen LogP contribution is 2.21. The van der Waals surface area contributed by atoms with Crippen LogP contribution in [-0.2, 0) is 17.6 Å². The summed E-state index contributed by atoms with van der Waals surface area (Å²) < 4.78 is 10.8. The zero-order valence-corrected chi connectivity index (χ0v) is 18.6. The fourth-order valence-electron chi connectivity index (χ4n) is 3.69. The molecule has 1 aliphatic heterocycles. The molecule has 2 aromatic heterocycles. The maximum Gasteiger partial charge on any atom is 0.227 e. The van der Waals surface area contributed by atoms with Crippen LogP contribution in [0.3, 0.4) is 0 Å². The standard InChI is InChI=1S/C23H28N4O3S/c1-2-29-19-9-7-18(8-10-19)17-22(28)27-14-12-26(13-15-27)11-3-6-21-24-23(25-30-21)20-5-4-16-31-20/h4-5,7-10,16H,2-3,6,11-15,17H2,1H3. The minimum absolute atomic E-state index is 0.191. The zero-order chi connectivity index (χ0) is 21.5. The number of amides is 1. The van der Waals surface area contributed by atoms with Crippen LogP contribution in [-0.4, -0.2) is 65.2 Å². The van der Waals surface area contributed by atoms with Crippen molar-refractivity contribution in [2.24, 2.45) is 0 Å². The molecule has 8 heteroatoms. The molecule has 0 unspecified atom stereocenters. The fraction of sp³-hybridized carbons (Fsp3) is 0.435. The molecule has 0 bridgehead atoms. The van der Waals surface area contributed by atoms with E-state index >= 15 is 0 Å². The number of rotatable bonds is 9. The summed E-state index contributed by atoms with van der Waals surface area (Å²) in [7, 11) is 0. The van der Waals surface area contributed by atoms with Crippen molar-refractivity contribution in [3.63, 3.8) is 0 Å². The number of ether oxygens (including phenoxy) is 1. The molecule has 0 spiro atoms. The van der Waals surface area contributed by atoms with Gasteiger partial charge in [-0.1, -0.05) is 23.4 Å². The number of carbonyl (C=O) groups excluding carboxylic acids is 1. The predicted molar refractivity (Wildman–Crippen MR) is 120 cm³/mol. The van der Waals surface area contributed by atoms with Gasteiger partial charge in [0, 0.05) is 32.6 Å². The highest BCUT2D eigenvalue weighted by Gasteiger charge is 2.21. The van der Waals surface area contributed by atoms with Gasteiger partial charge in [0.2, 0.25) is 17.6 Å². The van der Waals surface area contributed by atoms with E-state index in [-0.39, 0.29) is 5.91 Å². The molecule has 0 aliphatic carbocycles. The van der Waals surface area contributed by atoms with Gasteiger partial charge in [0.05, 0.1) is 17.9 Å². The van der Waals surface area contributed by atoms with Crippen molar-refractivity contribution in [3.05, 3.63) is 53.2 Å². The molecule has 31 heavy (non-hydrogen) atoms. The third-order valence-corrected chi connectivity index (χ3v) is 6.26. The summed E-state index contributed by atoms with van der Waals surface area (Å²) in [6.45, 7) is 6.94. The topological polar surface area (TPSA) is 71.7 Å². The number of thiophene rings is 1. The Labute approximate surface area is 186 Å². The number of aryl methyl sites for hydroxylation is 1. The van der Waals surface area contributed by atoms with Crippen molar-refractivity contribution in [2.45, 2.75) is 26.2 Å². The van der Waals surface area contributed by atoms with Crippen LogP contribution in [0.4, 0.5) is 0 Å². The van der Waals surface area contributed by atoms with E-state index in [9.17, 15) is 4.79 Å². The summed E-state index contributed by atoms with van der Waals surface area (Å²) in [5.41, 5.74) is 1.03. The molecule has 0 saturated carbocycles. The van der Waals surface area contributed by atoms with E-state index in [4.69, 9.17) is 9.26 Å². The average molecular weight is 441 g/mol. The molecular weight excluding hydrogens is 412 g/mol. The Morgan fingerprint density at radius 3 is 2.68 bits per heavy atom. The van der Waals surface area contributed by atoms with Gasteiger partial charge >= 0.3 is 0 Å². The SMILES string of the molecule is CCOc1ccc(CC(=O)N2CCN(CCCc3nc(-c4cccs4)no3)CC2)cc1. The summed E-state index contributed by atoms with van der Waals surface area (Å²) >= 11 is 1.61. The molecule has 0 radical (unpaired) electrons. The van der Waals surface area contributed by atoms with E-state index < -0.39 is 0 Å². The lowest BCUT2D eigenvalue weighted by molar-refractivity contribution is -0.132. The van der Waals surface area contributed by atoms with Crippen LogP contribution in [0.25, 0.3) is 10.7 Å². The van der Waals surface area contributed by atoms with Crippen LogP contribution in [0.15, 0.2) is 46.3 Å². The number of nitrogens with zero attached hydrogens (tertiary/aromatic N) is 4. The first kappa shape index (κ1) is 21.5. The zero-order valence-electron chi connectivity index (χ0n) is 17.8. The summed E-state index contributed by atoms with van der Waals surface area (Å²) in [5, 5.41) is 6.07. The van der Waals surface area contributed by atoms with Crippen LogP contribution < -0.4 is 4.74 Å². The van der Waals surface area contributed by atoms with Crippen molar-refractivity contribution < 1.29 is 14.1 Å². The lowest BCUT2D eigenvalue weighted by atomic mass is 10.1. The molecule has 0 N–H and O–H groups in total. The molecule has 1 aliphatic rings. The predicted octanol–water partition coefficient (Wildman–Crippen LogP) is 3.52. The molecule has 3 aromatic rings. The highest BCUT2D eigenvalue weighted by molar-refractivity contribution is 7.13. The van der Waals surface area contributed by atoms with Gasteiger partial charge in [-0.05, 0) is 49.0 Å². The molecular formula is C23H28N4O3S. The van der Waals surface area contributed by atoms with Crippen molar-refractivity contribution in [1.82, 2.24) is 19.9 Å². The Hall–Kier alpha value is -2.71. The van der Waals surface area contributed by atoms with E-state index in [2.05, 4.69) is 15.0 Å². The minimum atomic E-state index is 0.191. The third kappa shape index (κ3) is 5.92. The van der Waals surface area contributed by atoms with Crippen molar-refractivity contribution in [2.75, 3.05) is 39.3 Å². The van der Waals surface area contributed by atoms with Crippen LogP contribution in [0.5, 0.6) is 5.75 Å². The van der Waals surface area contributed by atoms with Crippen LogP contribution >= 0.6 is 11.3 Å². The van der Waals surface area contributed by atoms with Gasteiger partial charge in [0.15, 0.2) is 0 Å². The Morgan fingerprint density at radius 2 is 1.97 bits per heavy atom. The molecule has 7 nitrogen and oxygen atoms in total. The van der Waals surface area contributed by atoms with Crippen molar-refractivity contribution in [1.29, 1.82) is 0 Å². The summed E-state index contributed by atoms with van der Waals surface area (Å²) in [5.74, 6) is 2.39. The van der Waals surface area contributed by atoms with Crippen molar-refractivity contribution in [3.8, 4) is 16.5 Å². The van der Waals surface area contributed by atoms with Gasteiger partial charge in [-0.3, -0.25) is 9.69 Å². The van der Waals surface area contributed by atoms with Gasteiger partial charge in [0.1, 0.15) is 5.75 Å². The molecule has 1 saturated heterocycles. The van der Waals surface area contributed by atoms with Crippen LogP contribution in [0.2, 0.25) is 0 Å². The largest absolute Gasteiger partial charge is 0.494 e. The number of hydrogen-bond acceptors (Lipinski definition) is 7. The minimum Gasteiger partial charge on any atom is -0.494 e.